The first kappa shape index (κ1) is 17.7. The highest BCUT2D eigenvalue weighted by atomic mass is 32.2. The Morgan fingerprint density at radius 3 is 2.56 bits per heavy atom. The topological polar surface area (TPSA) is 74.8 Å². The lowest BCUT2D eigenvalue weighted by Crippen LogP contribution is -2.41. The summed E-state index contributed by atoms with van der Waals surface area (Å²) in [5.74, 6) is -1.14. The van der Waals surface area contributed by atoms with Crippen molar-refractivity contribution in [2.75, 3.05) is 23.1 Å². The number of benzene rings is 2. The van der Waals surface area contributed by atoms with Crippen LogP contribution in [0.1, 0.15) is 38.3 Å². The van der Waals surface area contributed by atoms with Gasteiger partial charge in [0.1, 0.15) is 0 Å². The maximum absolute atomic E-state index is 12.9. The number of hydrogen-bond acceptors (Lipinski definition) is 4. The molecule has 6 nitrogen and oxygen atoms in total. The molecule has 0 radical (unpaired) electrons. The molecule has 0 unspecified atom stereocenters. The number of nitrogens with zero attached hydrogens (tertiary/aromatic N) is 2. The number of fused-ring (bicyclic) bond motifs is 2. The molecule has 2 heterocycles. The number of para-hydroxylation sites is 1. The second-order valence-electron chi connectivity index (χ2n) is 6.93. The maximum atomic E-state index is 12.9. The van der Waals surface area contributed by atoms with Crippen molar-refractivity contribution < 1.29 is 18.0 Å². The SMILES string of the molecule is Cc1ccc2c(c1)C(=O)N(CCS(=O)(=O)N1CCCc3ccccc31)C2=O. The van der Waals surface area contributed by atoms with Crippen LogP contribution >= 0.6 is 0 Å². The highest BCUT2D eigenvalue weighted by molar-refractivity contribution is 7.92. The molecule has 0 saturated carbocycles. The van der Waals surface area contributed by atoms with Crippen LogP contribution in [0.2, 0.25) is 0 Å². The molecule has 0 saturated heterocycles. The molecule has 0 aliphatic carbocycles. The third kappa shape index (κ3) is 3.02. The van der Waals surface area contributed by atoms with Crippen molar-refractivity contribution in [3.05, 3.63) is 64.7 Å². The molecule has 2 aliphatic heterocycles. The highest BCUT2D eigenvalue weighted by Crippen LogP contribution is 2.30. The average Bonchev–Trinajstić information content (AvgIpc) is 2.89. The predicted molar refractivity (Wildman–Crippen MR) is 102 cm³/mol. The summed E-state index contributed by atoms with van der Waals surface area (Å²) in [5, 5.41) is 0. The fourth-order valence-electron chi connectivity index (χ4n) is 3.71. The van der Waals surface area contributed by atoms with Crippen molar-refractivity contribution in [3.8, 4) is 0 Å². The van der Waals surface area contributed by atoms with Gasteiger partial charge in [0.05, 0.1) is 22.6 Å². The fourth-order valence-corrected chi connectivity index (χ4v) is 5.23. The molecule has 0 spiro atoms. The van der Waals surface area contributed by atoms with Crippen LogP contribution in [-0.2, 0) is 16.4 Å². The Bertz CT molecular complexity index is 1050. The Morgan fingerprint density at radius 2 is 1.74 bits per heavy atom. The molecule has 2 aromatic rings. The third-order valence-corrected chi connectivity index (χ3v) is 6.85. The van der Waals surface area contributed by atoms with Crippen LogP contribution in [0, 0.1) is 6.92 Å². The van der Waals surface area contributed by atoms with Crippen LogP contribution in [0.4, 0.5) is 5.69 Å². The zero-order chi connectivity index (χ0) is 19.2. The molecule has 2 amide bonds. The first-order chi connectivity index (χ1) is 12.9. The second kappa shape index (κ2) is 6.49. The van der Waals surface area contributed by atoms with Gasteiger partial charge in [-0.05, 0) is 43.5 Å². The van der Waals surface area contributed by atoms with Crippen LogP contribution in [0.3, 0.4) is 0 Å². The van der Waals surface area contributed by atoms with E-state index in [9.17, 15) is 18.0 Å². The molecule has 0 bridgehead atoms. The second-order valence-corrected chi connectivity index (χ2v) is 8.94. The van der Waals surface area contributed by atoms with Crippen LogP contribution < -0.4 is 4.31 Å². The summed E-state index contributed by atoms with van der Waals surface area (Å²) in [7, 11) is -3.64. The van der Waals surface area contributed by atoms with Gasteiger partial charge in [-0.1, -0.05) is 29.8 Å². The van der Waals surface area contributed by atoms with Crippen molar-refractivity contribution in [2.24, 2.45) is 0 Å². The number of carbonyl (C=O) groups excluding carboxylic acids is 2. The smallest absolute Gasteiger partial charge is 0.261 e. The largest absolute Gasteiger partial charge is 0.273 e. The number of sulfonamides is 1. The fraction of sp³-hybridized carbons (Fsp3) is 0.300. The van der Waals surface area contributed by atoms with Gasteiger partial charge in [0.2, 0.25) is 10.0 Å². The quantitative estimate of drug-likeness (QED) is 0.759. The summed E-state index contributed by atoms with van der Waals surface area (Å²) < 4.78 is 27.3. The van der Waals surface area contributed by atoms with E-state index < -0.39 is 21.8 Å². The lowest BCUT2D eigenvalue weighted by molar-refractivity contribution is 0.0664. The first-order valence-corrected chi connectivity index (χ1v) is 10.5. The Labute approximate surface area is 158 Å². The van der Waals surface area contributed by atoms with Crippen molar-refractivity contribution in [1.29, 1.82) is 0 Å². The van der Waals surface area contributed by atoms with Gasteiger partial charge in [0, 0.05) is 13.1 Å². The third-order valence-electron chi connectivity index (χ3n) is 5.10. The monoisotopic (exact) mass is 384 g/mol. The maximum Gasteiger partial charge on any atom is 0.261 e. The molecule has 4 rings (SSSR count). The van der Waals surface area contributed by atoms with Gasteiger partial charge in [-0.15, -0.1) is 0 Å². The van der Waals surface area contributed by atoms with Crippen molar-refractivity contribution >= 4 is 27.5 Å². The highest BCUT2D eigenvalue weighted by Gasteiger charge is 2.37. The number of rotatable bonds is 4. The predicted octanol–water partition coefficient (Wildman–Crippen LogP) is 2.37. The zero-order valence-corrected chi connectivity index (χ0v) is 15.8. The number of carbonyl (C=O) groups is 2. The normalized spacial score (nSPS) is 16.5. The molecular formula is C20H20N2O4S. The molecule has 0 N–H and O–H groups in total. The summed E-state index contributed by atoms with van der Waals surface area (Å²) >= 11 is 0. The minimum absolute atomic E-state index is 0.146. The van der Waals surface area contributed by atoms with Crippen LogP contribution in [0.5, 0.6) is 0 Å². The zero-order valence-electron chi connectivity index (χ0n) is 15.0. The van der Waals surface area contributed by atoms with Crippen molar-refractivity contribution in [3.63, 3.8) is 0 Å². The van der Waals surface area contributed by atoms with Gasteiger partial charge in [0.25, 0.3) is 11.8 Å². The molecule has 0 atom stereocenters. The summed E-state index contributed by atoms with van der Waals surface area (Å²) in [6, 6.07) is 12.5. The summed E-state index contributed by atoms with van der Waals surface area (Å²) in [5.41, 5.74) is 3.27. The lowest BCUT2D eigenvalue weighted by atomic mass is 10.0. The molecule has 0 fully saturated rings. The average molecular weight is 384 g/mol. The Kier molecular flexibility index (Phi) is 4.26. The minimum Gasteiger partial charge on any atom is -0.273 e. The van der Waals surface area contributed by atoms with E-state index >= 15 is 0 Å². The van der Waals surface area contributed by atoms with E-state index in [1.807, 2.05) is 25.1 Å². The molecule has 2 aliphatic rings. The molecule has 2 aromatic carbocycles. The number of aryl methyl sites for hydroxylation is 2. The van der Waals surface area contributed by atoms with Gasteiger partial charge in [-0.25, -0.2) is 8.42 Å². The van der Waals surface area contributed by atoms with Crippen LogP contribution in [-0.4, -0.2) is 44.0 Å². The van der Waals surface area contributed by atoms with Gasteiger partial charge in [0.15, 0.2) is 0 Å². The van der Waals surface area contributed by atoms with E-state index in [-0.39, 0.29) is 12.3 Å². The van der Waals surface area contributed by atoms with Crippen LogP contribution in [0.25, 0.3) is 0 Å². The summed E-state index contributed by atoms with van der Waals surface area (Å²) in [6.45, 7) is 2.12. The number of hydrogen-bond donors (Lipinski definition) is 0. The number of imide groups is 1. The van der Waals surface area contributed by atoms with Gasteiger partial charge in [-0.2, -0.15) is 0 Å². The van der Waals surface area contributed by atoms with E-state index in [1.165, 1.54) is 4.31 Å². The molecule has 140 valence electrons. The standard InChI is InChI=1S/C20H20N2O4S/c1-14-8-9-16-17(13-14)20(24)21(19(16)23)11-12-27(25,26)22-10-4-6-15-5-2-3-7-18(15)22/h2-3,5,7-9,13H,4,6,10-12H2,1H3. The Balaban J connectivity index is 1.54. The van der Waals surface area contributed by atoms with Gasteiger partial charge in [-0.3, -0.25) is 18.8 Å². The van der Waals surface area contributed by atoms with Crippen LogP contribution in [0.15, 0.2) is 42.5 Å². The number of amides is 2. The minimum atomic E-state index is -3.64. The summed E-state index contributed by atoms with van der Waals surface area (Å²) in [6.07, 6.45) is 1.60. The van der Waals surface area contributed by atoms with Gasteiger partial charge < -0.3 is 0 Å². The number of anilines is 1. The summed E-state index contributed by atoms with van der Waals surface area (Å²) in [4.78, 5) is 26.1. The van der Waals surface area contributed by atoms with E-state index in [0.29, 0.717) is 23.4 Å². The Morgan fingerprint density at radius 1 is 1.00 bits per heavy atom. The van der Waals surface area contributed by atoms with E-state index in [0.717, 1.165) is 28.9 Å². The molecular weight excluding hydrogens is 364 g/mol. The molecule has 27 heavy (non-hydrogen) atoms. The van der Waals surface area contributed by atoms with Gasteiger partial charge >= 0.3 is 0 Å². The first-order valence-electron chi connectivity index (χ1n) is 8.94. The lowest BCUT2D eigenvalue weighted by Gasteiger charge is -2.30. The molecule has 0 aromatic heterocycles. The van der Waals surface area contributed by atoms with Crippen molar-refractivity contribution in [1.82, 2.24) is 4.90 Å². The Hall–Kier alpha value is -2.67. The van der Waals surface area contributed by atoms with E-state index in [1.54, 1.807) is 24.3 Å². The van der Waals surface area contributed by atoms with E-state index in [4.69, 9.17) is 0 Å². The van der Waals surface area contributed by atoms with E-state index in [2.05, 4.69) is 0 Å². The molecule has 7 heteroatoms. The van der Waals surface area contributed by atoms with Crippen molar-refractivity contribution in [2.45, 2.75) is 19.8 Å².